The van der Waals surface area contributed by atoms with Crippen LogP contribution in [-0.2, 0) is 4.74 Å². The van der Waals surface area contributed by atoms with Crippen LogP contribution in [0.4, 0.5) is 0 Å². The lowest BCUT2D eigenvalue weighted by atomic mass is 9.94. The first-order chi connectivity index (χ1) is 5.42. The average molecular weight is 155 g/mol. The molecule has 1 aliphatic heterocycles. The van der Waals surface area contributed by atoms with Crippen molar-refractivity contribution < 1.29 is 4.74 Å². The van der Waals surface area contributed by atoms with Gasteiger partial charge in [0, 0.05) is 13.2 Å². The summed E-state index contributed by atoms with van der Waals surface area (Å²) in [5, 5.41) is 0. The van der Waals surface area contributed by atoms with Gasteiger partial charge < -0.3 is 10.5 Å². The molecule has 11 heavy (non-hydrogen) atoms. The van der Waals surface area contributed by atoms with Crippen molar-refractivity contribution in [3.8, 4) is 0 Å². The Morgan fingerprint density at radius 2 is 2.00 bits per heavy atom. The Bertz CT molecular complexity index is 132. The molecule has 1 heterocycles. The maximum Gasteiger partial charge on any atom is 0.0468 e. The Morgan fingerprint density at radius 1 is 1.27 bits per heavy atom. The number of ether oxygens (including phenoxy) is 1. The molecule has 2 atom stereocenters. The van der Waals surface area contributed by atoms with Crippen LogP contribution < -0.4 is 5.73 Å². The van der Waals surface area contributed by atoms with Gasteiger partial charge >= 0.3 is 0 Å². The highest BCUT2D eigenvalue weighted by atomic mass is 16.5. The van der Waals surface area contributed by atoms with Crippen molar-refractivity contribution in [2.45, 2.75) is 19.3 Å². The van der Waals surface area contributed by atoms with Crippen LogP contribution in [0.15, 0.2) is 0 Å². The zero-order valence-corrected chi connectivity index (χ0v) is 6.96. The Kier molecular flexibility index (Phi) is 2.14. The van der Waals surface area contributed by atoms with Gasteiger partial charge in [0.15, 0.2) is 0 Å². The first-order valence-electron chi connectivity index (χ1n) is 4.69. The summed E-state index contributed by atoms with van der Waals surface area (Å²) < 4.78 is 5.32. The molecule has 1 saturated carbocycles. The summed E-state index contributed by atoms with van der Waals surface area (Å²) >= 11 is 0. The molecule has 0 aromatic rings. The predicted molar refractivity (Wildman–Crippen MR) is 44.2 cm³/mol. The minimum absolute atomic E-state index is 0.859. The third kappa shape index (κ3) is 1.57. The number of hydrogen-bond donors (Lipinski definition) is 1. The van der Waals surface area contributed by atoms with Crippen LogP contribution in [0.3, 0.4) is 0 Å². The summed E-state index contributed by atoms with van der Waals surface area (Å²) in [7, 11) is 0. The Balaban J connectivity index is 1.77. The number of hydrogen-bond acceptors (Lipinski definition) is 2. The van der Waals surface area contributed by atoms with E-state index in [-0.39, 0.29) is 0 Å². The van der Waals surface area contributed by atoms with E-state index in [1.54, 1.807) is 0 Å². The summed E-state index contributed by atoms with van der Waals surface area (Å²) in [5.74, 6) is 2.76. The van der Waals surface area contributed by atoms with Crippen LogP contribution in [0.25, 0.3) is 0 Å². The van der Waals surface area contributed by atoms with Crippen LogP contribution in [0.1, 0.15) is 19.3 Å². The molecule has 2 nitrogen and oxygen atoms in total. The van der Waals surface area contributed by atoms with Gasteiger partial charge in [0.1, 0.15) is 0 Å². The van der Waals surface area contributed by atoms with Gasteiger partial charge in [0.2, 0.25) is 0 Å². The quantitative estimate of drug-likeness (QED) is 0.646. The minimum Gasteiger partial charge on any atom is -0.381 e. The average Bonchev–Trinajstić information content (AvgIpc) is 2.85. The molecule has 2 unspecified atom stereocenters. The smallest absolute Gasteiger partial charge is 0.0468 e. The molecule has 0 amide bonds. The summed E-state index contributed by atoms with van der Waals surface area (Å²) in [5.41, 5.74) is 5.60. The van der Waals surface area contributed by atoms with E-state index in [2.05, 4.69) is 0 Å². The fourth-order valence-electron chi connectivity index (χ4n) is 2.26. The maximum atomic E-state index is 5.60. The van der Waals surface area contributed by atoms with Crippen molar-refractivity contribution >= 4 is 0 Å². The van der Waals surface area contributed by atoms with E-state index in [0.717, 1.165) is 37.5 Å². The van der Waals surface area contributed by atoms with Crippen molar-refractivity contribution in [2.24, 2.45) is 23.5 Å². The molecule has 2 N–H and O–H groups in total. The molecule has 1 saturated heterocycles. The van der Waals surface area contributed by atoms with E-state index in [1.807, 2.05) is 0 Å². The fraction of sp³-hybridized carbons (Fsp3) is 1.00. The Labute approximate surface area is 68.1 Å². The van der Waals surface area contributed by atoms with Gasteiger partial charge in [-0.2, -0.15) is 0 Å². The normalized spacial score (nSPS) is 39.0. The predicted octanol–water partition coefficient (Wildman–Crippen LogP) is 1.01. The van der Waals surface area contributed by atoms with Crippen LogP contribution in [-0.4, -0.2) is 19.8 Å². The largest absolute Gasteiger partial charge is 0.381 e. The second-order valence-electron chi connectivity index (χ2n) is 3.85. The van der Waals surface area contributed by atoms with Gasteiger partial charge in [-0.25, -0.2) is 0 Å². The highest BCUT2D eigenvalue weighted by molar-refractivity contribution is 4.92. The van der Waals surface area contributed by atoms with Gasteiger partial charge in [-0.3, -0.25) is 0 Å². The van der Waals surface area contributed by atoms with Crippen LogP contribution in [0, 0.1) is 17.8 Å². The molecule has 2 fully saturated rings. The van der Waals surface area contributed by atoms with Gasteiger partial charge in [0.25, 0.3) is 0 Å². The first kappa shape index (κ1) is 7.56. The van der Waals surface area contributed by atoms with Gasteiger partial charge in [-0.15, -0.1) is 0 Å². The number of nitrogens with two attached hydrogens (primary N) is 1. The van der Waals surface area contributed by atoms with Crippen molar-refractivity contribution in [1.29, 1.82) is 0 Å². The molecule has 0 spiro atoms. The lowest BCUT2D eigenvalue weighted by Gasteiger charge is -2.21. The summed E-state index contributed by atoms with van der Waals surface area (Å²) in [6.07, 6.45) is 3.95. The lowest BCUT2D eigenvalue weighted by molar-refractivity contribution is 0.0583. The van der Waals surface area contributed by atoms with Crippen molar-refractivity contribution in [2.75, 3.05) is 19.8 Å². The van der Waals surface area contributed by atoms with E-state index >= 15 is 0 Å². The van der Waals surface area contributed by atoms with Gasteiger partial charge in [-0.05, 0) is 43.6 Å². The first-order valence-corrected chi connectivity index (χ1v) is 4.69. The number of rotatable bonds is 2. The topological polar surface area (TPSA) is 35.2 Å². The minimum atomic E-state index is 0.859. The van der Waals surface area contributed by atoms with Crippen LogP contribution >= 0.6 is 0 Å². The van der Waals surface area contributed by atoms with E-state index in [9.17, 15) is 0 Å². The van der Waals surface area contributed by atoms with E-state index in [4.69, 9.17) is 10.5 Å². The molecule has 2 aliphatic rings. The highest BCUT2D eigenvalue weighted by Crippen LogP contribution is 2.46. The second-order valence-corrected chi connectivity index (χ2v) is 3.85. The lowest BCUT2D eigenvalue weighted by Crippen LogP contribution is -2.19. The van der Waals surface area contributed by atoms with Gasteiger partial charge in [0.05, 0.1) is 0 Å². The molecule has 1 aliphatic carbocycles. The van der Waals surface area contributed by atoms with E-state index in [0.29, 0.717) is 0 Å². The zero-order valence-electron chi connectivity index (χ0n) is 6.96. The molecule has 64 valence electrons. The molecule has 0 aromatic heterocycles. The van der Waals surface area contributed by atoms with Gasteiger partial charge in [-0.1, -0.05) is 0 Å². The molecule has 0 aromatic carbocycles. The van der Waals surface area contributed by atoms with Crippen molar-refractivity contribution in [1.82, 2.24) is 0 Å². The zero-order chi connectivity index (χ0) is 7.68. The fourth-order valence-corrected chi connectivity index (χ4v) is 2.26. The summed E-state index contributed by atoms with van der Waals surface area (Å²) in [6, 6.07) is 0. The molecule has 2 rings (SSSR count). The van der Waals surface area contributed by atoms with Crippen molar-refractivity contribution in [3.05, 3.63) is 0 Å². The third-order valence-electron chi connectivity index (χ3n) is 3.15. The van der Waals surface area contributed by atoms with Crippen LogP contribution in [0.2, 0.25) is 0 Å². The van der Waals surface area contributed by atoms with Crippen molar-refractivity contribution in [3.63, 3.8) is 0 Å². The highest BCUT2D eigenvalue weighted by Gasteiger charge is 2.41. The molecule has 0 radical (unpaired) electrons. The molecular weight excluding hydrogens is 138 g/mol. The van der Waals surface area contributed by atoms with Crippen LogP contribution in [0.5, 0.6) is 0 Å². The molecular formula is C9H17NO. The summed E-state index contributed by atoms with van der Waals surface area (Å²) in [4.78, 5) is 0. The molecule has 0 bridgehead atoms. The van der Waals surface area contributed by atoms with E-state index < -0.39 is 0 Å². The van der Waals surface area contributed by atoms with E-state index in [1.165, 1.54) is 19.3 Å². The summed E-state index contributed by atoms with van der Waals surface area (Å²) in [6.45, 7) is 2.87. The third-order valence-corrected chi connectivity index (χ3v) is 3.15. The second kappa shape index (κ2) is 3.11. The monoisotopic (exact) mass is 155 g/mol. The standard InChI is InChI=1S/C9H17NO/c10-6-8-5-9(8)7-1-3-11-4-2-7/h7-9H,1-6,10H2. The SMILES string of the molecule is NCC1CC1C1CCOCC1. The maximum absolute atomic E-state index is 5.60. The Morgan fingerprint density at radius 3 is 2.55 bits per heavy atom. The Hall–Kier alpha value is -0.0800. The molecule has 2 heteroatoms.